The lowest BCUT2D eigenvalue weighted by molar-refractivity contribution is 0.118. The molecule has 0 radical (unpaired) electrons. The van der Waals surface area contributed by atoms with Gasteiger partial charge in [-0.3, -0.25) is 0 Å². The van der Waals surface area contributed by atoms with Crippen molar-refractivity contribution in [1.82, 2.24) is 4.98 Å². The van der Waals surface area contributed by atoms with E-state index in [2.05, 4.69) is 32.7 Å². The van der Waals surface area contributed by atoms with Crippen LogP contribution in [0.3, 0.4) is 0 Å². The molecule has 0 bridgehead atoms. The molecule has 2 rings (SSSR count). The molecule has 2 N–H and O–H groups in total. The van der Waals surface area contributed by atoms with E-state index in [1.807, 2.05) is 13.1 Å². The Morgan fingerprint density at radius 1 is 1.62 bits per heavy atom. The fourth-order valence-corrected chi connectivity index (χ4v) is 2.48. The van der Waals surface area contributed by atoms with Crippen LogP contribution in [-0.4, -0.2) is 30.8 Å². The van der Waals surface area contributed by atoms with Crippen LogP contribution in [0.4, 0.5) is 11.5 Å². The van der Waals surface area contributed by atoms with E-state index >= 15 is 0 Å². The van der Waals surface area contributed by atoms with Crippen molar-refractivity contribution in [2.75, 3.05) is 24.3 Å². The number of hydrogen-bond acceptors (Lipinski definition) is 4. The summed E-state index contributed by atoms with van der Waals surface area (Å²) in [5.74, 6) is 0.825. The van der Waals surface area contributed by atoms with Crippen LogP contribution in [0, 0.1) is 0 Å². The summed E-state index contributed by atoms with van der Waals surface area (Å²) in [7, 11) is 2.02. The lowest BCUT2D eigenvalue weighted by Gasteiger charge is -2.28. The van der Waals surface area contributed by atoms with Crippen molar-refractivity contribution < 1.29 is 4.74 Å². The molecule has 88 valence electrons. The van der Waals surface area contributed by atoms with Crippen molar-refractivity contribution in [1.29, 1.82) is 0 Å². The Morgan fingerprint density at radius 2 is 2.38 bits per heavy atom. The molecule has 0 saturated carbocycles. The predicted molar refractivity (Wildman–Crippen MR) is 68.6 cm³/mol. The quantitative estimate of drug-likeness (QED) is 0.904. The SMILES string of the molecule is CC1OCCC1N(C)c1ncc(Br)cc1N. The second-order valence-electron chi connectivity index (χ2n) is 4.11. The Morgan fingerprint density at radius 3 is 2.94 bits per heavy atom. The number of nitrogen functional groups attached to an aromatic ring is 1. The van der Waals surface area contributed by atoms with Gasteiger partial charge >= 0.3 is 0 Å². The molecule has 0 aliphatic carbocycles. The summed E-state index contributed by atoms with van der Waals surface area (Å²) in [6.07, 6.45) is 3.02. The highest BCUT2D eigenvalue weighted by atomic mass is 79.9. The Bertz CT molecular complexity index is 385. The van der Waals surface area contributed by atoms with Gasteiger partial charge in [-0.1, -0.05) is 0 Å². The third-order valence-corrected chi connectivity index (χ3v) is 3.46. The highest BCUT2D eigenvalue weighted by Gasteiger charge is 2.29. The van der Waals surface area contributed by atoms with Crippen LogP contribution in [-0.2, 0) is 4.74 Å². The van der Waals surface area contributed by atoms with Crippen LogP contribution in [0.25, 0.3) is 0 Å². The summed E-state index contributed by atoms with van der Waals surface area (Å²) in [6.45, 7) is 2.90. The molecule has 1 saturated heterocycles. The monoisotopic (exact) mass is 285 g/mol. The van der Waals surface area contributed by atoms with E-state index in [9.17, 15) is 0 Å². The largest absolute Gasteiger partial charge is 0.396 e. The zero-order valence-corrected chi connectivity index (χ0v) is 11.1. The molecule has 2 unspecified atom stereocenters. The van der Waals surface area contributed by atoms with E-state index in [0.29, 0.717) is 11.7 Å². The number of pyridine rings is 1. The van der Waals surface area contributed by atoms with Crippen LogP contribution in [0.15, 0.2) is 16.7 Å². The number of nitrogens with zero attached hydrogens (tertiary/aromatic N) is 2. The van der Waals surface area contributed by atoms with Gasteiger partial charge in [0.1, 0.15) is 0 Å². The maximum Gasteiger partial charge on any atom is 0.151 e. The van der Waals surface area contributed by atoms with Gasteiger partial charge in [0, 0.05) is 24.3 Å². The number of aromatic nitrogens is 1. The molecule has 0 spiro atoms. The molecule has 1 aliphatic rings. The van der Waals surface area contributed by atoms with Gasteiger partial charge in [0.15, 0.2) is 5.82 Å². The molecule has 2 atom stereocenters. The number of likely N-dealkylation sites (N-methyl/N-ethyl adjacent to an activating group) is 1. The Kier molecular flexibility index (Phi) is 3.35. The molecule has 1 fully saturated rings. The van der Waals surface area contributed by atoms with Crippen molar-refractivity contribution in [3.63, 3.8) is 0 Å². The summed E-state index contributed by atoms with van der Waals surface area (Å²) >= 11 is 3.36. The van der Waals surface area contributed by atoms with E-state index < -0.39 is 0 Å². The van der Waals surface area contributed by atoms with Gasteiger partial charge in [-0.05, 0) is 35.3 Å². The summed E-state index contributed by atoms with van der Waals surface area (Å²) in [6, 6.07) is 2.23. The Labute approximate surface area is 104 Å². The predicted octanol–water partition coefficient (Wildman–Crippen LogP) is 2.04. The standard InChI is InChI=1S/C11H16BrN3O/c1-7-10(3-4-16-7)15(2)11-9(13)5-8(12)6-14-11/h5-7,10H,3-4,13H2,1-2H3. The highest BCUT2D eigenvalue weighted by molar-refractivity contribution is 9.10. The summed E-state index contributed by atoms with van der Waals surface area (Å²) in [5.41, 5.74) is 6.65. The topological polar surface area (TPSA) is 51.4 Å². The average Bonchev–Trinajstić information content (AvgIpc) is 2.63. The molecule has 1 aromatic rings. The number of ether oxygens (including phenoxy) is 1. The lowest BCUT2D eigenvalue weighted by Crippen LogP contribution is -2.37. The first-order chi connectivity index (χ1) is 7.59. The second kappa shape index (κ2) is 4.59. The highest BCUT2D eigenvalue weighted by Crippen LogP contribution is 2.28. The van der Waals surface area contributed by atoms with Crippen LogP contribution >= 0.6 is 15.9 Å². The van der Waals surface area contributed by atoms with Crippen molar-refractivity contribution in [3.05, 3.63) is 16.7 Å². The third kappa shape index (κ3) is 2.15. The smallest absolute Gasteiger partial charge is 0.151 e. The average molecular weight is 286 g/mol. The minimum absolute atomic E-state index is 0.231. The molecule has 1 aliphatic heterocycles. The van der Waals surface area contributed by atoms with Crippen molar-refractivity contribution in [3.8, 4) is 0 Å². The third-order valence-electron chi connectivity index (χ3n) is 3.03. The van der Waals surface area contributed by atoms with Crippen LogP contribution in [0.5, 0.6) is 0 Å². The molecule has 0 aromatic carbocycles. The van der Waals surface area contributed by atoms with Gasteiger partial charge in [-0.2, -0.15) is 0 Å². The molecular formula is C11H16BrN3O. The second-order valence-corrected chi connectivity index (χ2v) is 5.02. The van der Waals surface area contributed by atoms with Gasteiger partial charge in [0.2, 0.25) is 0 Å². The molecule has 0 amide bonds. The van der Waals surface area contributed by atoms with Gasteiger partial charge in [-0.25, -0.2) is 4.98 Å². The lowest BCUT2D eigenvalue weighted by atomic mass is 10.1. The number of anilines is 2. The molecule has 4 nitrogen and oxygen atoms in total. The molecular weight excluding hydrogens is 270 g/mol. The fraction of sp³-hybridized carbons (Fsp3) is 0.545. The molecule has 2 heterocycles. The number of nitrogens with two attached hydrogens (primary N) is 1. The zero-order valence-electron chi connectivity index (χ0n) is 9.48. The van der Waals surface area contributed by atoms with Gasteiger partial charge < -0.3 is 15.4 Å². The van der Waals surface area contributed by atoms with Crippen molar-refractivity contribution in [2.24, 2.45) is 0 Å². The minimum Gasteiger partial charge on any atom is -0.396 e. The Balaban J connectivity index is 2.23. The van der Waals surface area contributed by atoms with Crippen LogP contribution in [0.2, 0.25) is 0 Å². The van der Waals surface area contributed by atoms with Crippen molar-refractivity contribution >= 4 is 27.4 Å². The molecule has 16 heavy (non-hydrogen) atoms. The molecule has 1 aromatic heterocycles. The van der Waals surface area contributed by atoms with Crippen molar-refractivity contribution in [2.45, 2.75) is 25.5 Å². The fourth-order valence-electron chi connectivity index (χ4n) is 2.13. The maximum absolute atomic E-state index is 5.96. The summed E-state index contributed by atoms with van der Waals surface area (Å²) in [4.78, 5) is 6.47. The van der Waals surface area contributed by atoms with E-state index in [1.165, 1.54) is 0 Å². The van der Waals surface area contributed by atoms with Gasteiger partial charge in [-0.15, -0.1) is 0 Å². The summed E-state index contributed by atoms with van der Waals surface area (Å²) < 4.78 is 6.45. The van der Waals surface area contributed by atoms with Gasteiger partial charge in [0.05, 0.1) is 17.8 Å². The zero-order chi connectivity index (χ0) is 11.7. The first-order valence-corrected chi connectivity index (χ1v) is 6.14. The number of hydrogen-bond donors (Lipinski definition) is 1. The van der Waals surface area contributed by atoms with E-state index in [0.717, 1.165) is 23.3 Å². The van der Waals surface area contributed by atoms with Gasteiger partial charge in [0.25, 0.3) is 0 Å². The number of rotatable bonds is 2. The van der Waals surface area contributed by atoms with E-state index in [4.69, 9.17) is 10.5 Å². The summed E-state index contributed by atoms with van der Waals surface area (Å²) in [5, 5.41) is 0. The normalized spacial score (nSPS) is 24.7. The van der Waals surface area contributed by atoms with Crippen LogP contribution in [0.1, 0.15) is 13.3 Å². The Hall–Kier alpha value is -0.810. The minimum atomic E-state index is 0.231. The maximum atomic E-state index is 5.96. The number of halogens is 1. The first-order valence-electron chi connectivity index (χ1n) is 5.35. The molecule has 5 heteroatoms. The van der Waals surface area contributed by atoms with E-state index in [-0.39, 0.29) is 6.10 Å². The van der Waals surface area contributed by atoms with Crippen LogP contribution < -0.4 is 10.6 Å². The van der Waals surface area contributed by atoms with E-state index in [1.54, 1.807) is 6.20 Å². The first kappa shape index (κ1) is 11.7.